The van der Waals surface area contributed by atoms with Crippen LogP contribution in [0.4, 0.5) is 24.0 Å². The van der Waals surface area contributed by atoms with Crippen molar-refractivity contribution >= 4 is 39.1 Å². The molecule has 0 bridgehead atoms. The highest BCUT2D eigenvalue weighted by molar-refractivity contribution is 8.93. The van der Waals surface area contributed by atoms with Gasteiger partial charge in [0.05, 0.1) is 11.3 Å². The van der Waals surface area contributed by atoms with Crippen LogP contribution in [0.3, 0.4) is 0 Å². The molecule has 0 aliphatic heterocycles. The lowest BCUT2D eigenvalue weighted by Crippen LogP contribution is -2.05. The number of hydrogen-bond acceptors (Lipinski definition) is 3. The van der Waals surface area contributed by atoms with Crippen LogP contribution in [0.1, 0.15) is 16.7 Å². The molecule has 1 aromatic heterocycles. The van der Waals surface area contributed by atoms with Crippen LogP contribution >= 0.6 is 28.3 Å². The van der Waals surface area contributed by atoms with Gasteiger partial charge >= 0.3 is 6.18 Å². The van der Waals surface area contributed by atoms with Gasteiger partial charge in [0.25, 0.3) is 0 Å². The van der Waals surface area contributed by atoms with E-state index in [4.69, 9.17) is 0 Å². The van der Waals surface area contributed by atoms with Crippen molar-refractivity contribution in [3.05, 3.63) is 64.5 Å². The van der Waals surface area contributed by atoms with Gasteiger partial charge in [-0.05, 0) is 49.2 Å². The number of thiazole rings is 1. The second-order valence-corrected chi connectivity index (χ2v) is 6.40. The summed E-state index contributed by atoms with van der Waals surface area (Å²) in [6, 6.07) is 11.2. The molecule has 0 amide bonds. The van der Waals surface area contributed by atoms with E-state index >= 15 is 0 Å². The second kappa shape index (κ2) is 7.58. The van der Waals surface area contributed by atoms with Gasteiger partial charge < -0.3 is 5.32 Å². The second-order valence-electron chi connectivity index (χ2n) is 5.54. The van der Waals surface area contributed by atoms with Crippen molar-refractivity contribution in [2.24, 2.45) is 0 Å². The summed E-state index contributed by atoms with van der Waals surface area (Å²) < 4.78 is 38.3. The number of aryl methyl sites for hydroxylation is 2. The lowest BCUT2D eigenvalue weighted by Gasteiger charge is -2.09. The standard InChI is InChI=1S/C18H15F3N2S.BrH/c1-11-6-7-13(8-12(11)2)16-10-24-17(23-16)22-15-5-3-4-14(9-15)18(19,20)21;/h3-10H,1-2H3,(H,22,23);1H. The molecule has 2 nitrogen and oxygen atoms in total. The van der Waals surface area contributed by atoms with Gasteiger partial charge in [-0.1, -0.05) is 18.2 Å². The summed E-state index contributed by atoms with van der Waals surface area (Å²) in [6.07, 6.45) is -4.36. The highest BCUT2D eigenvalue weighted by Gasteiger charge is 2.30. The highest BCUT2D eigenvalue weighted by atomic mass is 79.9. The zero-order valence-corrected chi connectivity index (χ0v) is 16.0. The average Bonchev–Trinajstić information content (AvgIpc) is 2.98. The molecule has 0 atom stereocenters. The Bertz CT molecular complexity index is 875. The third kappa shape index (κ3) is 4.61. The maximum Gasteiger partial charge on any atom is 0.416 e. The van der Waals surface area contributed by atoms with Crippen molar-refractivity contribution in [3.63, 3.8) is 0 Å². The molecule has 0 unspecified atom stereocenters. The van der Waals surface area contributed by atoms with Crippen LogP contribution in [0.15, 0.2) is 47.8 Å². The number of benzene rings is 2. The summed E-state index contributed by atoms with van der Waals surface area (Å²) in [5.74, 6) is 0. The third-order valence-electron chi connectivity index (χ3n) is 3.75. The van der Waals surface area contributed by atoms with Gasteiger partial charge in [-0.15, -0.1) is 28.3 Å². The predicted molar refractivity (Wildman–Crippen MR) is 102 cm³/mol. The smallest absolute Gasteiger partial charge is 0.332 e. The SMILES string of the molecule is Br.Cc1ccc(-c2csc(Nc3cccc(C(F)(F)F)c3)n2)cc1C. The number of nitrogens with zero attached hydrogens (tertiary/aromatic N) is 1. The van der Waals surface area contributed by atoms with Crippen LogP contribution in [0.25, 0.3) is 11.3 Å². The number of anilines is 2. The Morgan fingerprint density at radius 2 is 1.76 bits per heavy atom. The molecule has 0 aliphatic carbocycles. The number of aromatic nitrogens is 1. The minimum atomic E-state index is -4.36. The first-order valence-electron chi connectivity index (χ1n) is 7.30. The minimum absolute atomic E-state index is 0. The lowest BCUT2D eigenvalue weighted by molar-refractivity contribution is -0.137. The fourth-order valence-electron chi connectivity index (χ4n) is 2.26. The number of alkyl halides is 3. The third-order valence-corrected chi connectivity index (χ3v) is 4.51. The molecule has 1 N–H and O–H groups in total. The van der Waals surface area contributed by atoms with Gasteiger partial charge in [0, 0.05) is 16.6 Å². The number of hydrogen-bond donors (Lipinski definition) is 1. The Hall–Kier alpha value is -1.86. The van der Waals surface area contributed by atoms with E-state index in [1.807, 2.05) is 31.4 Å². The average molecular weight is 429 g/mol. The molecule has 0 radical (unpaired) electrons. The van der Waals surface area contributed by atoms with Crippen LogP contribution < -0.4 is 5.32 Å². The lowest BCUT2D eigenvalue weighted by atomic mass is 10.1. The van der Waals surface area contributed by atoms with Crippen LogP contribution in [0.2, 0.25) is 0 Å². The van der Waals surface area contributed by atoms with Gasteiger partial charge in [0.2, 0.25) is 0 Å². The summed E-state index contributed by atoms with van der Waals surface area (Å²) in [7, 11) is 0. The largest absolute Gasteiger partial charge is 0.416 e. The number of halogens is 4. The van der Waals surface area contributed by atoms with Crippen LogP contribution in [-0.2, 0) is 6.18 Å². The van der Waals surface area contributed by atoms with E-state index in [0.717, 1.165) is 23.4 Å². The molecule has 0 spiro atoms. The minimum Gasteiger partial charge on any atom is -0.332 e. The normalized spacial score (nSPS) is 11.1. The zero-order valence-electron chi connectivity index (χ0n) is 13.5. The van der Waals surface area contributed by atoms with E-state index in [-0.39, 0.29) is 17.0 Å². The Morgan fingerprint density at radius 1 is 1.00 bits per heavy atom. The van der Waals surface area contributed by atoms with E-state index in [0.29, 0.717) is 10.8 Å². The summed E-state index contributed by atoms with van der Waals surface area (Å²) >= 11 is 1.36. The fraction of sp³-hybridized carbons (Fsp3) is 0.167. The molecule has 132 valence electrons. The molecular formula is C18H16BrF3N2S. The Morgan fingerprint density at radius 3 is 2.44 bits per heavy atom. The quantitative estimate of drug-likeness (QED) is 0.497. The summed E-state index contributed by atoms with van der Waals surface area (Å²) in [5, 5.41) is 5.39. The molecule has 7 heteroatoms. The molecule has 0 saturated carbocycles. The molecule has 3 rings (SSSR count). The van der Waals surface area contributed by atoms with Gasteiger partial charge in [-0.25, -0.2) is 4.98 Å². The molecular weight excluding hydrogens is 413 g/mol. The first-order chi connectivity index (χ1) is 11.3. The van der Waals surface area contributed by atoms with E-state index in [1.54, 1.807) is 6.07 Å². The van der Waals surface area contributed by atoms with E-state index in [9.17, 15) is 13.2 Å². The van der Waals surface area contributed by atoms with Crippen molar-refractivity contribution < 1.29 is 13.2 Å². The van der Waals surface area contributed by atoms with Gasteiger partial charge in [0.15, 0.2) is 5.13 Å². The van der Waals surface area contributed by atoms with Gasteiger partial charge in [0.1, 0.15) is 0 Å². The summed E-state index contributed by atoms with van der Waals surface area (Å²) in [4.78, 5) is 4.46. The predicted octanol–water partition coefficient (Wildman–Crippen LogP) is 6.77. The maximum absolute atomic E-state index is 12.8. The van der Waals surface area contributed by atoms with E-state index in [2.05, 4.69) is 16.4 Å². The van der Waals surface area contributed by atoms with Crippen molar-refractivity contribution in [3.8, 4) is 11.3 Å². The zero-order chi connectivity index (χ0) is 17.3. The first kappa shape index (κ1) is 19.5. The molecule has 0 saturated heterocycles. The highest BCUT2D eigenvalue weighted by Crippen LogP contribution is 2.32. The van der Waals surface area contributed by atoms with Gasteiger partial charge in [-0.2, -0.15) is 13.2 Å². The number of nitrogens with one attached hydrogen (secondary N) is 1. The van der Waals surface area contributed by atoms with Crippen LogP contribution in [-0.4, -0.2) is 4.98 Å². The Kier molecular flexibility index (Phi) is 5.90. The molecule has 0 aliphatic rings. The van der Waals surface area contributed by atoms with Gasteiger partial charge in [-0.3, -0.25) is 0 Å². The Labute approximate surface area is 158 Å². The monoisotopic (exact) mass is 428 g/mol. The topological polar surface area (TPSA) is 24.9 Å². The van der Waals surface area contributed by atoms with E-state index in [1.165, 1.54) is 28.5 Å². The van der Waals surface area contributed by atoms with Crippen LogP contribution in [0, 0.1) is 13.8 Å². The van der Waals surface area contributed by atoms with Crippen LogP contribution in [0.5, 0.6) is 0 Å². The summed E-state index contributed by atoms with van der Waals surface area (Å²) in [5.41, 5.74) is 3.86. The fourth-order valence-corrected chi connectivity index (χ4v) is 3.00. The Balaban J connectivity index is 0.00000225. The van der Waals surface area contributed by atoms with Crippen molar-refractivity contribution in [2.75, 3.05) is 5.32 Å². The van der Waals surface area contributed by atoms with Crippen molar-refractivity contribution in [1.82, 2.24) is 4.98 Å². The maximum atomic E-state index is 12.8. The summed E-state index contributed by atoms with van der Waals surface area (Å²) in [6.45, 7) is 4.08. The molecule has 3 aromatic rings. The van der Waals surface area contributed by atoms with Crippen molar-refractivity contribution in [2.45, 2.75) is 20.0 Å². The molecule has 1 heterocycles. The molecule has 2 aromatic carbocycles. The number of rotatable bonds is 3. The van der Waals surface area contributed by atoms with E-state index < -0.39 is 11.7 Å². The first-order valence-corrected chi connectivity index (χ1v) is 8.18. The molecule has 0 fully saturated rings. The molecule has 25 heavy (non-hydrogen) atoms. The van der Waals surface area contributed by atoms with Crippen molar-refractivity contribution in [1.29, 1.82) is 0 Å².